The topological polar surface area (TPSA) is 134 Å². The maximum Gasteiger partial charge on any atom is 0.335 e. The average molecular weight is 473 g/mol. The first-order valence-electron chi connectivity index (χ1n) is 10.3. The molecule has 10 heteroatoms. The predicted octanol–water partition coefficient (Wildman–Crippen LogP) is 4.18. The fourth-order valence-corrected chi connectivity index (χ4v) is 3.60. The van der Waals surface area contributed by atoms with Crippen LogP contribution in [0.2, 0.25) is 0 Å². The normalized spacial score (nSPS) is 11.0. The number of hydrogen-bond acceptors (Lipinski definition) is 7. The molecule has 176 valence electrons. The van der Waals surface area contributed by atoms with Gasteiger partial charge in [-0.3, -0.25) is 19.5 Å². The van der Waals surface area contributed by atoms with E-state index in [0.717, 1.165) is 0 Å². The van der Waals surface area contributed by atoms with Crippen LogP contribution in [0.5, 0.6) is 11.5 Å². The maximum absolute atomic E-state index is 13.4. The largest absolute Gasteiger partial charge is 0.493 e. The Kier molecular flexibility index (Phi) is 6.27. The van der Waals surface area contributed by atoms with Crippen LogP contribution in [0.15, 0.2) is 65.5 Å². The summed E-state index contributed by atoms with van der Waals surface area (Å²) < 4.78 is 11.7. The molecule has 0 atom stereocenters. The third-order valence-electron chi connectivity index (χ3n) is 5.32. The van der Waals surface area contributed by atoms with Gasteiger partial charge in [0.2, 0.25) is 0 Å². The fraction of sp³-hybridized carbons (Fsp3) is 0.0800. The molecule has 35 heavy (non-hydrogen) atoms. The second kappa shape index (κ2) is 9.48. The monoisotopic (exact) mass is 473 g/mol. The van der Waals surface area contributed by atoms with Gasteiger partial charge in [-0.15, -0.1) is 0 Å². The first-order valence-corrected chi connectivity index (χ1v) is 10.3. The zero-order valence-corrected chi connectivity index (χ0v) is 18.7. The molecule has 0 saturated heterocycles. The number of ether oxygens (including phenoxy) is 2. The highest BCUT2D eigenvalue weighted by atomic mass is 16.6. The van der Waals surface area contributed by atoms with Crippen LogP contribution in [0.3, 0.4) is 0 Å². The number of benzene rings is 3. The Hall–Kier alpha value is -4.99. The van der Waals surface area contributed by atoms with E-state index in [9.17, 15) is 24.8 Å². The van der Waals surface area contributed by atoms with Crippen LogP contribution in [0.4, 0.5) is 5.69 Å². The van der Waals surface area contributed by atoms with Crippen LogP contribution in [0.25, 0.3) is 28.7 Å². The molecule has 0 saturated carbocycles. The molecule has 0 aliphatic carbocycles. The maximum atomic E-state index is 13.4. The number of hydrogen-bond donors (Lipinski definition) is 1. The molecule has 1 aromatic heterocycles. The van der Waals surface area contributed by atoms with Crippen LogP contribution in [-0.4, -0.2) is 39.8 Å². The van der Waals surface area contributed by atoms with Gasteiger partial charge in [-0.25, -0.2) is 9.78 Å². The Bertz CT molecular complexity index is 1540. The number of carbonyl (C=O) groups is 1. The number of carboxylic acids is 1. The van der Waals surface area contributed by atoms with Gasteiger partial charge in [0.15, 0.2) is 11.5 Å². The molecule has 0 spiro atoms. The van der Waals surface area contributed by atoms with Crippen LogP contribution < -0.4 is 15.0 Å². The third kappa shape index (κ3) is 4.44. The van der Waals surface area contributed by atoms with E-state index >= 15 is 0 Å². The smallest absolute Gasteiger partial charge is 0.335 e. The molecule has 0 aliphatic rings. The molecule has 10 nitrogen and oxygen atoms in total. The number of carboxylic acid groups (broad SMARTS) is 1. The number of fused-ring (bicyclic) bond motifs is 1. The summed E-state index contributed by atoms with van der Waals surface area (Å²) in [6.45, 7) is 0. The van der Waals surface area contributed by atoms with Gasteiger partial charge in [0.25, 0.3) is 11.2 Å². The molecule has 4 aromatic rings. The second-order valence-electron chi connectivity index (χ2n) is 7.34. The quantitative estimate of drug-likeness (QED) is 0.312. The molecule has 0 fully saturated rings. The van der Waals surface area contributed by atoms with E-state index in [1.54, 1.807) is 24.3 Å². The molecule has 0 radical (unpaired) electrons. The number of rotatable bonds is 7. The summed E-state index contributed by atoms with van der Waals surface area (Å²) in [4.78, 5) is 40.3. The summed E-state index contributed by atoms with van der Waals surface area (Å²) in [7, 11) is 2.80. The molecule has 0 amide bonds. The summed E-state index contributed by atoms with van der Waals surface area (Å²) in [5.41, 5.74) is 0.507. The number of nitro benzene ring substituents is 1. The van der Waals surface area contributed by atoms with Crippen molar-refractivity contribution >= 4 is 34.7 Å². The van der Waals surface area contributed by atoms with Crippen LogP contribution in [0, 0.1) is 10.1 Å². The van der Waals surface area contributed by atoms with Crippen molar-refractivity contribution in [1.82, 2.24) is 9.55 Å². The molecular formula is C25H19N3O7. The van der Waals surface area contributed by atoms with E-state index < -0.39 is 10.9 Å². The number of nitrogens with zero attached hydrogens (tertiary/aromatic N) is 3. The minimum atomic E-state index is -1.10. The summed E-state index contributed by atoms with van der Waals surface area (Å²) in [6, 6.07) is 15.2. The summed E-state index contributed by atoms with van der Waals surface area (Å²) >= 11 is 0. The number of aromatic nitrogens is 2. The van der Waals surface area contributed by atoms with Gasteiger partial charge in [-0.1, -0.05) is 12.1 Å². The van der Waals surface area contributed by atoms with Gasteiger partial charge in [-0.05, 0) is 54.6 Å². The number of nitro groups is 1. The van der Waals surface area contributed by atoms with E-state index in [4.69, 9.17) is 9.47 Å². The zero-order chi connectivity index (χ0) is 25.1. The van der Waals surface area contributed by atoms with Crippen molar-refractivity contribution < 1.29 is 24.3 Å². The van der Waals surface area contributed by atoms with E-state index in [1.165, 1.54) is 67.3 Å². The molecule has 0 aliphatic heterocycles. The van der Waals surface area contributed by atoms with Gasteiger partial charge in [0.1, 0.15) is 5.82 Å². The number of para-hydroxylation sites is 1. The highest BCUT2D eigenvalue weighted by Gasteiger charge is 2.18. The lowest BCUT2D eigenvalue weighted by atomic mass is 10.1. The standard InChI is InChI=1S/C25H19N3O7/c1-34-21-13-16(20(28(32)33)14-22(21)35-2)9-12-23-26-19-6-4-3-5-18(19)24(29)27(23)17-10-7-15(8-11-17)25(30)31/h3-14H,1-2H3,(H,30,31)/b12-9+. The summed E-state index contributed by atoms with van der Waals surface area (Å²) in [5.74, 6) is -0.399. The Morgan fingerprint density at radius 2 is 1.69 bits per heavy atom. The van der Waals surface area contributed by atoms with E-state index in [1.807, 2.05) is 0 Å². The first kappa shape index (κ1) is 23.2. The summed E-state index contributed by atoms with van der Waals surface area (Å²) in [6.07, 6.45) is 2.94. The predicted molar refractivity (Wildman–Crippen MR) is 129 cm³/mol. The van der Waals surface area contributed by atoms with Gasteiger partial charge in [-0.2, -0.15) is 0 Å². The van der Waals surface area contributed by atoms with Crippen molar-refractivity contribution in [2.24, 2.45) is 0 Å². The van der Waals surface area contributed by atoms with Crippen molar-refractivity contribution in [1.29, 1.82) is 0 Å². The summed E-state index contributed by atoms with van der Waals surface area (Å²) in [5, 5.41) is 21.2. The SMILES string of the molecule is COc1cc(/C=C/c2nc3ccccc3c(=O)n2-c2ccc(C(=O)O)cc2)c([N+](=O)[O-])cc1OC. The molecule has 1 heterocycles. The van der Waals surface area contributed by atoms with Gasteiger partial charge in [0.05, 0.1) is 52.9 Å². The minimum absolute atomic E-state index is 0.0635. The lowest BCUT2D eigenvalue weighted by Gasteiger charge is -2.12. The number of aromatic carboxylic acids is 1. The Balaban J connectivity index is 1.93. The van der Waals surface area contributed by atoms with Crippen molar-refractivity contribution in [3.05, 3.63) is 98.1 Å². The molecule has 0 bridgehead atoms. The van der Waals surface area contributed by atoms with Gasteiger partial charge < -0.3 is 14.6 Å². The molecule has 0 unspecified atom stereocenters. The highest BCUT2D eigenvalue weighted by molar-refractivity contribution is 5.88. The van der Waals surface area contributed by atoms with E-state index in [2.05, 4.69) is 4.98 Å². The minimum Gasteiger partial charge on any atom is -0.493 e. The zero-order valence-electron chi connectivity index (χ0n) is 18.7. The van der Waals surface area contributed by atoms with Crippen LogP contribution >= 0.6 is 0 Å². The third-order valence-corrected chi connectivity index (χ3v) is 5.32. The number of methoxy groups -OCH3 is 2. The van der Waals surface area contributed by atoms with E-state index in [-0.39, 0.29) is 33.9 Å². The van der Waals surface area contributed by atoms with Crippen molar-refractivity contribution in [2.75, 3.05) is 14.2 Å². The van der Waals surface area contributed by atoms with Crippen molar-refractivity contribution in [3.63, 3.8) is 0 Å². The second-order valence-corrected chi connectivity index (χ2v) is 7.34. The lowest BCUT2D eigenvalue weighted by molar-refractivity contribution is -0.385. The Morgan fingerprint density at radius 1 is 1.03 bits per heavy atom. The molecule has 4 rings (SSSR count). The van der Waals surface area contributed by atoms with Crippen LogP contribution in [-0.2, 0) is 0 Å². The Labute approximate surface area is 198 Å². The molecule has 1 N–H and O–H groups in total. The highest BCUT2D eigenvalue weighted by Crippen LogP contribution is 2.35. The van der Waals surface area contributed by atoms with E-state index in [0.29, 0.717) is 22.3 Å². The average Bonchev–Trinajstić information content (AvgIpc) is 2.87. The Morgan fingerprint density at radius 3 is 2.31 bits per heavy atom. The molecular weight excluding hydrogens is 454 g/mol. The molecule has 3 aromatic carbocycles. The lowest BCUT2D eigenvalue weighted by Crippen LogP contribution is -2.22. The van der Waals surface area contributed by atoms with Crippen molar-refractivity contribution in [2.45, 2.75) is 0 Å². The van der Waals surface area contributed by atoms with Crippen LogP contribution in [0.1, 0.15) is 21.7 Å². The van der Waals surface area contributed by atoms with Gasteiger partial charge in [0, 0.05) is 0 Å². The van der Waals surface area contributed by atoms with Gasteiger partial charge >= 0.3 is 5.97 Å². The van der Waals surface area contributed by atoms with Crippen molar-refractivity contribution in [3.8, 4) is 17.2 Å². The fourth-order valence-electron chi connectivity index (χ4n) is 3.60. The first-order chi connectivity index (χ1) is 16.8.